The fourth-order valence-corrected chi connectivity index (χ4v) is 3.80. The highest BCUT2D eigenvalue weighted by atomic mass is 79.9. The molecule has 1 aliphatic carbocycles. The molecule has 0 aliphatic heterocycles. The predicted molar refractivity (Wildman–Crippen MR) is 80.4 cm³/mol. The monoisotopic (exact) mass is 341 g/mol. The summed E-state index contributed by atoms with van der Waals surface area (Å²) in [5.41, 5.74) is 3.86. The summed E-state index contributed by atoms with van der Waals surface area (Å²) < 4.78 is 14.3. The average Bonchev–Trinajstić information content (AvgIpc) is 2.61. The Morgan fingerprint density at radius 2 is 2.00 bits per heavy atom. The topological polar surface area (TPSA) is 12.9 Å². The lowest BCUT2D eigenvalue weighted by Gasteiger charge is -2.14. The largest absolute Gasteiger partial charge is 0.252 e. The molecule has 0 fully saturated rings. The zero-order chi connectivity index (χ0) is 13.6. The van der Waals surface area contributed by atoms with Crippen LogP contribution in [0.25, 0.3) is 10.9 Å². The lowest BCUT2D eigenvalue weighted by atomic mass is 10.0. The van der Waals surface area contributed by atoms with Gasteiger partial charge in [0, 0.05) is 11.1 Å². The van der Waals surface area contributed by atoms with Gasteiger partial charge in [0.2, 0.25) is 0 Å². The summed E-state index contributed by atoms with van der Waals surface area (Å²) in [5.74, 6) is -0.276. The number of halogens is 3. The SMILES string of the molecule is Cc1cc(F)c(Br)c2c(Cl)c3c(nc12)CCCCC3. The molecule has 0 N–H and O–H groups in total. The van der Waals surface area contributed by atoms with E-state index in [1.165, 1.54) is 12.5 Å². The van der Waals surface area contributed by atoms with E-state index >= 15 is 0 Å². The molecule has 1 aromatic heterocycles. The Bertz CT molecular complexity index is 669. The molecule has 0 saturated carbocycles. The van der Waals surface area contributed by atoms with Crippen LogP contribution in [0.5, 0.6) is 0 Å². The van der Waals surface area contributed by atoms with Crippen molar-refractivity contribution in [3.63, 3.8) is 0 Å². The molecule has 0 amide bonds. The van der Waals surface area contributed by atoms with Crippen LogP contribution in [0.4, 0.5) is 4.39 Å². The second-order valence-corrected chi connectivity index (χ2v) is 6.30. The molecule has 1 heterocycles. The van der Waals surface area contributed by atoms with Crippen molar-refractivity contribution >= 4 is 38.4 Å². The van der Waals surface area contributed by atoms with Gasteiger partial charge in [-0.2, -0.15) is 0 Å². The molecule has 1 aliphatic rings. The van der Waals surface area contributed by atoms with E-state index in [1.54, 1.807) is 0 Å². The smallest absolute Gasteiger partial charge is 0.138 e. The van der Waals surface area contributed by atoms with Gasteiger partial charge in [-0.1, -0.05) is 18.0 Å². The van der Waals surface area contributed by atoms with Crippen molar-refractivity contribution in [1.29, 1.82) is 0 Å². The summed E-state index contributed by atoms with van der Waals surface area (Å²) in [7, 11) is 0. The Morgan fingerprint density at radius 3 is 2.79 bits per heavy atom. The van der Waals surface area contributed by atoms with Gasteiger partial charge in [-0.25, -0.2) is 4.39 Å². The van der Waals surface area contributed by atoms with Gasteiger partial charge in [0.15, 0.2) is 0 Å². The number of nitrogens with zero attached hydrogens (tertiary/aromatic N) is 1. The quantitative estimate of drug-likeness (QED) is 0.587. The molecule has 1 nitrogen and oxygen atoms in total. The van der Waals surface area contributed by atoms with Crippen LogP contribution in [0.15, 0.2) is 10.5 Å². The zero-order valence-corrected chi connectivity index (χ0v) is 13.0. The Labute approximate surface area is 125 Å². The third kappa shape index (κ3) is 2.17. The highest BCUT2D eigenvalue weighted by Crippen LogP contribution is 2.38. The zero-order valence-electron chi connectivity index (χ0n) is 10.7. The second-order valence-electron chi connectivity index (χ2n) is 5.12. The van der Waals surface area contributed by atoms with Crippen LogP contribution in [0.1, 0.15) is 36.1 Å². The molecule has 19 heavy (non-hydrogen) atoms. The van der Waals surface area contributed by atoms with Crippen molar-refractivity contribution in [1.82, 2.24) is 4.98 Å². The van der Waals surface area contributed by atoms with Crippen molar-refractivity contribution in [2.24, 2.45) is 0 Å². The summed E-state index contributed by atoms with van der Waals surface area (Å²) in [4.78, 5) is 4.76. The molecule has 0 unspecified atom stereocenters. The van der Waals surface area contributed by atoms with E-state index in [-0.39, 0.29) is 5.82 Å². The molecule has 0 atom stereocenters. The minimum absolute atomic E-state index is 0.276. The molecule has 0 bridgehead atoms. The Balaban J connectivity index is 2.41. The van der Waals surface area contributed by atoms with E-state index in [1.807, 2.05) is 6.92 Å². The van der Waals surface area contributed by atoms with Gasteiger partial charge in [-0.15, -0.1) is 0 Å². The number of hydrogen-bond donors (Lipinski definition) is 0. The van der Waals surface area contributed by atoms with Gasteiger partial charge in [0.25, 0.3) is 0 Å². The van der Waals surface area contributed by atoms with Crippen molar-refractivity contribution in [3.8, 4) is 0 Å². The minimum Gasteiger partial charge on any atom is -0.252 e. The molecule has 4 heteroatoms. The van der Waals surface area contributed by atoms with Gasteiger partial charge in [0.1, 0.15) is 5.82 Å². The van der Waals surface area contributed by atoms with Crippen molar-refractivity contribution in [2.45, 2.75) is 39.0 Å². The van der Waals surface area contributed by atoms with Crippen LogP contribution < -0.4 is 0 Å². The molecule has 0 radical (unpaired) electrons. The van der Waals surface area contributed by atoms with Crippen LogP contribution in [0.3, 0.4) is 0 Å². The molecular weight excluding hydrogens is 329 g/mol. The number of benzene rings is 1. The maximum Gasteiger partial charge on any atom is 0.138 e. The fraction of sp³-hybridized carbons (Fsp3) is 0.400. The summed E-state index contributed by atoms with van der Waals surface area (Å²) in [6.07, 6.45) is 5.41. The van der Waals surface area contributed by atoms with Gasteiger partial charge in [0.05, 0.1) is 15.0 Å². The highest BCUT2D eigenvalue weighted by Gasteiger charge is 2.20. The Hall–Kier alpha value is -0.670. The van der Waals surface area contributed by atoms with Gasteiger partial charge in [-0.3, -0.25) is 4.98 Å². The fourth-order valence-electron chi connectivity index (χ4n) is 2.80. The first-order valence-corrected chi connectivity index (χ1v) is 7.72. The molecule has 100 valence electrons. The van der Waals surface area contributed by atoms with E-state index in [4.69, 9.17) is 16.6 Å². The van der Waals surface area contributed by atoms with Crippen molar-refractivity contribution in [3.05, 3.63) is 38.2 Å². The highest BCUT2D eigenvalue weighted by molar-refractivity contribution is 9.10. The van der Waals surface area contributed by atoms with Crippen LogP contribution in [0, 0.1) is 12.7 Å². The van der Waals surface area contributed by atoms with E-state index in [9.17, 15) is 4.39 Å². The molecular formula is C15H14BrClFN. The van der Waals surface area contributed by atoms with Crippen molar-refractivity contribution < 1.29 is 4.39 Å². The van der Waals surface area contributed by atoms with Gasteiger partial charge in [-0.05, 0) is 65.7 Å². The number of aromatic nitrogens is 1. The first-order valence-electron chi connectivity index (χ1n) is 6.55. The summed E-state index contributed by atoms with van der Waals surface area (Å²) in [6, 6.07) is 1.51. The van der Waals surface area contributed by atoms with E-state index < -0.39 is 0 Å². The summed E-state index contributed by atoms with van der Waals surface area (Å²) >= 11 is 9.86. The number of fused-ring (bicyclic) bond motifs is 2. The lowest BCUT2D eigenvalue weighted by molar-refractivity contribution is 0.622. The van der Waals surface area contributed by atoms with E-state index in [0.717, 1.165) is 53.4 Å². The maximum atomic E-state index is 13.9. The third-order valence-corrected chi connectivity index (χ3v) is 5.00. The minimum atomic E-state index is -0.276. The average molecular weight is 343 g/mol. The third-order valence-electron chi connectivity index (χ3n) is 3.80. The molecule has 0 spiro atoms. The maximum absolute atomic E-state index is 13.9. The molecule has 2 aromatic rings. The Morgan fingerprint density at radius 1 is 1.26 bits per heavy atom. The van der Waals surface area contributed by atoms with Crippen LogP contribution in [-0.2, 0) is 12.8 Å². The normalized spacial score (nSPS) is 15.4. The number of rotatable bonds is 0. The van der Waals surface area contributed by atoms with Crippen LogP contribution >= 0.6 is 27.5 Å². The standard InChI is InChI=1S/C15H14BrClFN/c1-8-7-10(18)13(16)12-14(17)9-5-3-2-4-6-11(9)19-15(8)12/h7H,2-6H2,1H3. The van der Waals surface area contributed by atoms with Crippen LogP contribution in [0.2, 0.25) is 5.02 Å². The predicted octanol–water partition coefficient (Wildman–Crippen LogP) is 5.37. The van der Waals surface area contributed by atoms with E-state index in [0.29, 0.717) is 9.50 Å². The molecule has 0 saturated heterocycles. The van der Waals surface area contributed by atoms with Gasteiger partial charge < -0.3 is 0 Å². The Kier molecular flexibility index (Phi) is 3.52. The summed E-state index contributed by atoms with van der Waals surface area (Å²) in [6.45, 7) is 1.88. The first-order chi connectivity index (χ1) is 9.09. The number of hydrogen-bond acceptors (Lipinski definition) is 1. The van der Waals surface area contributed by atoms with Crippen molar-refractivity contribution in [2.75, 3.05) is 0 Å². The van der Waals surface area contributed by atoms with E-state index in [2.05, 4.69) is 15.9 Å². The molecule has 1 aromatic carbocycles. The first kappa shape index (κ1) is 13.3. The van der Waals surface area contributed by atoms with Gasteiger partial charge >= 0.3 is 0 Å². The molecule has 3 rings (SSSR count). The lowest BCUT2D eigenvalue weighted by Crippen LogP contribution is -2.00. The van der Waals surface area contributed by atoms with Crippen LogP contribution in [-0.4, -0.2) is 4.98 Å². The number of aryl methyl sites for hydroxylation is 2. The number of pyridine rings is 1. The second kappa shape index (κ2) is 5.02. The summed E-state index contributed by atoms with van der Waals surface area (Å²) in [5, 5.41) is 1.40.